The van der Waals surface area contributed by atoms with Gasteiger partial charge in [-0.3, -0.25) is 0 Å². The van der Waals surface area contributed by atoms with E-state index >= 15 is 0 Å². The van der Waals surface area contributed by atoms with E-state index in [-0.39, 0.29) is 5.75 Å². The molecule has 0 saturated heterocycles. The van der Waals surface area contributed by atoms with Crippen LogP contribution < -0.4 is 10.5 Å². The Morgan fingerprint density at radius 3 is 2.22 bits per heavy atom. The molecule has 1 rings (SSSR count). The normalized spacial score (nSPS) is 14.4. The number of rotatable bonds is 3. The summed E-state index contributed by atoms with van der Waals surface area (Å²) in [4.78, 5) is 0. The molecular formula is C10H10F5NO2. The smallest absolute Gasteiger partial charge is 0.455 e. The van der Waals surface area contributed by atoms with Crippen molar-refractivity contribution in [2.45, 2.75) is 18.1 Å². The molecule has 0 aromatic heterocycles. The van der Waals surface area contributed by atoms with Crippen LogP contribution in [0.15, 0.2) is 18.2 Å². The second kappa shape index (κ2) is 4.60. The number of aromatic hydroxyl groups is 1. The first kappa shape index (κ1) is 14.5. The van der Waals surface area contributed by atoms with E-state index in [9.17, 15) is 27.1 Å². The lowest BCUT2D eigenvalue weighted by molar-refractivity contribution is -0.291. The second-order valence-corrected chi connectivity index (χ2v) is 3.52. The van der Waals surface area contributed by atoms with E-state index in [1.807, 2.05) is 0 Å². The minimum absolute atomic E-state index is 0.0104. The maximum absolute atomic E-state index is 13.0. The van der Waals surface area contributed by atoms with Gasteiger partial charge in [-0.05, 0) is 18.2 Å². The van der Waals surface area contributed by atoms with E-state index in [0.717, 1.165) is 12.1 Å². The maximum Gasteiger partial charge on any atom is 0.455 e. The van der Waals surface area contributed by atoms with Crippen LogP contribution in [-0.4, -0.2) is 24.3 Å². The van der Waals surface area contributed by atoms with E-state index in [2.05, 4.69) is 4.74 Å². The first-order valence-electron chi connectivity index (χ1n) is 4.68. The van der Waals surface area contributed by atoms with Crippen molar-refractivity contribution in [3.8, 4) is 11.5 Å². The van der Waals surface area contributed by atoms with Crippen molar-refractivity contribution in [2.24, 2.45) is 5.73 Å². The first-order valence-corrected chi connectivity index (χ1v) is 4.68. The van der Waals surface area contributed by atoms with Crippen LogP contribution in [0.4, 0.5) is 22.0 Å². The summed E-state index contributed by atoms with van der Waals surface area (Å²) in [6.07, 6.45) is -5.80. The van der Waals surface area contributed by atoms with E-state index in [0.29, 0.717) is 0 Å². The van der Waals surface area contributed by atoms with Gasteiger partial charge in [-0.2, -0.15) is 22.0 Å². The maximum atomic E-state index is 13.0. The number of phenolic OH excluding ortho intramolecular Hbond substituents is 1. The third-order valence-corrected chi connectivity index (χ3v) is 2.34. The highest BCUT2D eigenvalue weighted by atomic mass is 19.4. The number of halogens is 5. The number of methoxy groups -OCH3 is 1. The molecule has 0 radical (unpaired) electrons. The van der Waals surface area contributed by atoms with Crippen LogP contribution in [0.2, 0.25) is 0 Å². The molecule has 3 nitrogen and oxygen atoms in total. The van der Waals surface area contributed by atoms with Crippen LogP contribution in [0.1, 0.15) is 11.6 Å². The predicted octanol–water partition coefficient (Wildman–Crippen LogP) is 2.60. The van der Waals surface area contributed by atoms with Crippen molar-refractivity contribution in [3.05, 3.63) is 23.8 Å². The summed E-state index contributed by atoms with van der Waals surface area (Å²) in [6.45, 7) is 0. The molecule has 0 aliphatic carbocycles. The van der Waals surface area contributed by atoms with Gasteiger partial charge in [-0.1, -0.05) is 0 Å². The van der Waals surface area contributed by atoms with Crippen molar-refractivity contribution < 1.29 is 31.8 Å². The van der Waals surface area contributed by atoms with Crippen molar-refractivity contribution in [3.63, 3.8) is 0 Å². The lowest BCUT2D eigenvalue weighted by atomic mass is 9.99. The molecule has 0 saturated carbocycles. The number of ether oxygens (including phenoxy) is 1. The average molecular weight is 271 g/mol. The third-order valence-electron chi connectivity index (χ3n) is 2.34. The zero-order valence-corrected chi connectivity index (χ0v) is 9.13. The summed E-state index contributed by atoms with van der Waals surface area (Å²) < 4.78 is 67.1. The average Bonchev–Trinajstić information content (AvgIpc) is 2.27. The number of hydrogen-bond donors (Lipinski definition) is 2. The van der Waals surface area contributed by atoms with Crippen molar-refractivity contribution in [2.75, 3.05) is 7.11 Å². The summed E-state index contributed by atoms with van der Waals surface area (Å²) in [5.41, 5.74) is 4.16. The topological polar surface area (TPSA) is 55.5 Å². The lowest BCUT2D eigenvalue weighted by Gasteiger charge is -2.26. The first-order chi connectivity index (χ1) is 8.11. The molecule has 18 heavy (non-hydrogen) atoms. The van der Waals surface area contributed by atoms with Gasteiger partial charge in [0.1, 0.15) is 17.5 Å². The SMILES string of the molecule is COc1ccc(O)c([C@@H](N)C(F)(F)C(F)(F)F)c1. The Balaban J connectivity index is 3.22. The molecular weight excluding hydrogens is 261 g/mol. The van der Waals surface area contributed by atoms with Gasteiger partial charge < -0.3 is 15.6 Å². The van der Waals surface area contributed by atoms with E-state index in [1.54, 1.807) is 0 Å². The Labute approximate surface area is 99.0 Å². The van der Waals surface area contributed by atoms with Crippen LogP contribution in [0.5, 0.6) is 11.5 Å². The minimum atomic E-state index is -5.80. The number of nitrogens with two attached hydrogens (primary N) is 1. The van der Waals surface area contributed by atoms with E-state index in [1.165, 1.54) is 13.2 Å². The Hall–Kier alpha value is -1.57. The minimum Gasteiger partial charge on any atom is -0.508 e. The second-order valence-electron chi connectivity index (χ2n) is 3.52. The van der Waals surface area contributed by atoms with Crippen LogP contribution in [0, 0.1) is 0 Å². The Kier molecular flexibility index (Phi) is 3.70. The van der Waals surface area contributed by atoms with Gasteiger partial charge in [-0.25, -0.2) is 0 Å². The summed E-state index contributed by atoms with van der Waals surface area (Å²) in [5, 5.41) is 9.29. The molecule has 1 aromatic carbocycles. The molecule has 0 heterocycles. The zero-order chi connectivity index (χ0) is 14.1. The van der Waals surface area contributed by atoms with Gasteiger partial charge in [0.25, 0.3) is 0 Å². The van der Waals surface area contributed by atoms with Crippen molar-refractivity contribution in [1.82, 2.24) is 0 Å². The molecule has 0 spiro atoms. The Morgan fingerprint density at radius 2 is 1.78 bits per heavy atom. The molecule has 1 aromatic rings. The van der Waals surface area contributed by atoms with Crippen LogP contribution in [0.25, 0.3) is 0 Å². The van der Waals surface area contributed by atoms with Gasteiger partial charge in [-0.15, -0.1) is 0 Å². The highest BCUT2D eigenvalue weighted by Gasteiger charge is 2.62. The van der Waals surface area contributed by atoms with Crippen LogP contribution in [0.3, 0.4) is 0 Å². The standard InChI is InChI=1S/C10H10F5NO2/c1-18-5-2-3-7(17)6(4-5)8(16)9(11,12)10(13,14)15/h2-4,8,17H,16H2,1H3/t8-/m1/s1. The van der Waals surface area contributed by atoms with E-state index in [4.69, 9.17) is 5.73 Å². The fourth-order valence-electron chi connectivity index (χ4n) is 1.28. The fraction of sp³-hybridized carbons (Fsp3) is 0.400. The van der Waals surface area contributed by atoms with Gasteiger partial charge in [0.05, 0.1) is 7.11 Å². The van der Waals surface area contributed by atoms with Crippen molar-refractivity contribution >= 4 is 0 Å². The molecule has 102 valence electrons. The summed E-state index contributed by atoms with van der Waals surface area (Å²) >= 11 is 0. The van der Waals surface area contributed by atoms with Crippen LogP contribution >= 0.6 is 0 Å². The molecule has 1 atom stereocenters. The lowest BCUT2D eigenvalue weighted by Crippen LogP contribution is -2.45. The van der Waals surface area contributed by atoms with Crippen LogP contribution in [-0.2, 0) is 0 Å². The van der Waals surface area contributed by atoms with E-state index < -0.39 is 29.5 Å². The van der Waals surface area contributed by atoms with Gasteiger partial charge in [0.2, 0.25) is 0 Å². The van der Waals surface area contributed by atoms with Gasteiger partial charge >= 0.3 is 12.1 Å². The third kappa shape index (κ3) is 2.47. The molecule has 0 fully saturated rings. The highest BCUT2D eigenvalue weighted by Crippen LogP contribution is 2.45. The fourth-order valence-corrected chi connectivity index (χ4v) is 1.28. The zero-order valence-electron chi connectivity index (χ0n) is 9.13. The summed E-state index contributed by atoms with van der Waals surface area (Å²) in [5.74, 6) is -5.90. The van der Waals surface area contributed by atoms with Gasteiger partial charge in [0.15, 0.2) is 0 Å². The highest BCUT2D eigenvalue weighted by molar-refractivity contribution is 5.42. The quantitative estimate of drug-likeness (QED) is 0.831. The van der Waals surface area contributed by atoms with Gasteiger partial charge in [0, 0.05) is 5.56 Å². The Bertz CT molecular complexity index is 433. The monoisotopic (exact) mass is 271 g/mol. The molecule has 3 N–H and O–H groups in total. The number of hydrogen-bond acceptors (Lipinski definition) is 3. The molecule has 0 aliphatic rings. The number of alkyl halides is 5. The largest absolute Gasteiger partial charge is 0.508 e. The molecule has 0 bridgehead atoms. The summed E-state index contributed by atoms with van der Waals surface area (Å²) in [7, 11) is 1.20. The molecule has 8 heteroatoms. The number of phenols is 1. The molecule has 0 aliphatic heterocycles. The predicted molar refractivity (Wildman–Crippen MR) is 52.6 cm³/mol. The molecule has 0 amide bonds. The molecule has 0 unspecified atom stereocenters. The summed E-state index contributed by atoms with van der Waals surface area (Å²) in [6, 6.07) is 0.254. The number of benzene rings is 1. The van der Waals surface area contributed by atoms with Crippen molar-refractivity contribution in [1.29, 1.82) is 0 Å². The Morgan fingerprint density at radius 1 is 1.22 bits per heavy atom.